The number of benzene rings is 1. The predicted molar refractivity (Wildman–Crippen MR) is 79.0 cm³/mol. The third kappa shape index (κ3) is 3.18. The van der Waals surface area contributed by atoms with Crippen LogP contribution in [0.3, 0.4) is 0 Å². The van der Waals surface area contributed by atoms with E-state index in [2.05, 4.69) is 15.3 Å². The first kappa shape index (κ1) is 14.1. The molecule has 0 radical (unpaired) electrons. The molecule has 0 aliphatic rings. The van der Waals surface area contributed by atoms with E-state index in [4.69, 9.17) is 17.0 Å². The van der Waals surface area contributed by atoms with Gasteiger partial charge in [-0.25, -0.2) is 0 Å². The van der Waals surface area contributed by atoms with Crippen LogP contribution in [0.25, 0.3) is 0 Å². The molecule has 6 nitrogen and oxygen atoms in total. The average molecular weight is 290 g/mol. The van der Waals surface area contributed by atoms with Gasteiger partial charge in [0.05, 0.1) is 12.8 Å². The lowest BCUT2D eigenvalue weighted by atomic mass is 10.2. The van der Waals surface area contributed by atoms with Crippen molar-refractivity contribution in [3.63, 3.8) is 0 Å². The normalized spacial score (nSPS) is 10.9. The van der Waals surface area contributed by atoms with Gasteiger partial charge < -0.3 is 4.74 Å². The van der Waals surface area contributed by atoms with Crippen LogP contribution in [-0.4, -0.2) is 27.7 Å². The van der Waals surface area contributed by atoms with Crippen LogP contribution in [0.5, 0.6) is 5.75 Å². The fourth-order valence-electron chi connectivity index (χ4n) is 1.55. The van der Waals surface area contributed by atoms with E-state index in [1.165, 1.54) is 0 Å². The van der Waals surface area contributed by atoms with E-state index >= 15 is 0 Å². The zero-order chi connectivity index (χ0) is 14.5. The predicted octanol–water partition coefficient (Wildman–Crippen LogP) is 1.89. The summed E-state index contributed by atoms with van der Waals surface area (Å²) in [6.45, 7) is 4.10. The van der Waals surface area contributed by atoms with E-state index in [9.17, 15) is 4.79 Å². The Bertz CT molecular complexity index is 749. The minimum atomic E-state index is -0.342. The molecule has 0 spiro atoms. The molecule has 0 unspecified atom stereocenters. The van der Waals surface area contributed by atoms with Crippen molar-refractivity contribution in [1.29, 1.82) is 0 Å². The second kappa shape index (κ2) is 6.25. The number of aromatic amines is 1. The molecule has 7 heteroatoms. The van der Waals surface area contributed by atoms with Crippen LogP contribution in [0.15, 0.2) is 34.2 Å². The molecular formula is C13H14N4O2S. The number of hydrogen-bond acceptors (Lipinski definition) is 5. The van der Waals surface area contributed by atoms with Gasteiger partial charge in [0.15, 0.2) is 0 Å². The van der Waals surface area contributed by atoms with Crippen molar-refractivity contribution in [3.8, 4) is 5.75 Å². The number of hydrogen-bond donors (Lipinski definition) is 1. The van der Waals surface area contributed by atoms with Crippen LogP contribution >= 0.6 is 12.2 Å². The summed E-state index contributed by atoms with van der Waals surface area (Å²) in [5, 5.41) is 10.4. The van der Waals surface area contributed by atoms with Crippen molar-refractivity contribution in [1.82, 2.24) is 14.9 Å². The maximum absolute atomic E-state index is 11.9. The third-order valence-corrected chi connectivity index (χ3v) is 2.77. The zero-order valence-electron chi connectivity index (χ0n) is 11.2. The fraction of sp³-hybridized carbons (Fsp3) is 0.231. The molecule has 20 heavy (non-hydrogen) atoms. The van der Waals surface area contributed by atoms with E-state index in [0.717, 1.165) is 16.0 Å². The van der Waals surface area contributed by atoms with Gasteiger partial charge in [-0.05, 0) is 43.8 Å². The van der Waals surface area contributed by atoms with Gasteiger partial charge >= 0.3 is 0 Å². The van der Waals surface area contributed by atoms with Gasteiger partial charge in [-0.2, -0.15) is 14.9 Å². The van der Waals surface area contributed by atoms with Crippen molar-refractivity contribution in [2.24, 2.45) is 5.10 Å². The van der Waals surface area contributed by atoms with Gasteiger partial charge in [0.2, 0.25) is 4.77 Å². The highest BCUT2D eigenvalue weighted by atomic mass is 32.1. The van der Waals surface area contributed by atoms with Gasteiger partial charge in [0.1, 0.15) is 11.4 Å². The van der Waals surface area contributed by atoms with E-state index in [1.54, 1.807) is 13.1 Å². The van der Waals surface area contributed by atoms with Crippen LogP contribution in [0.2, 0.25) is 0 Å². The van der Waals surface area contributed by atoms with Crippen molar-refractivity contribution in [2.75, 3.05) is 6.61 Å². The van der Waals surface area contributed by atoms with Crippen molar-refractivity contribution < 1.29 is 4.74 Å². The van der Waals surface area contributed by atoms with Crippen LogP contribution < -0.4 is 10.3 Å². The first-order valence-corrected chi connectivity index (χ1v) is 6.48. The summed E-state index contributed by atoms with van der Waals surface area (Å²) in [6, 6.07) is 7.40. The highest BCUT2D eigenvalue weighted by molar-refractivity contribution is 7.71. The number of nitrogens with one attached hydrogen (secondary N) is 1. The Hall–Kier alpha value is -2.28. The summed E-state index contributed by atoms with van der Waals surface area (Å²) in [5.41, 5.74) is 0.775. The molecule has 0 bridgehead atoms. The topological polar surface area (TPSA) is 72.3 Å². The first-order chi connectivity index (χ1) is 9.61. The SMILES string of the molecule is CCOc1cccc(/C=N\n2c(=S)[nH]nc(C)c2=O)c1. The molecule has 1 aromatic heterocycles. The lowest BCUT2D eigenvalue weighted by Crippen LogP contribution is -2.22. The van der Waals surface area contributed by atoms with E-state index in [1.807, 2.05) is 31.2 Å². The number of nitrogens with zero attached hydrogens (tertiary/aromatic N) is 3. The maximum atomic E-state index is 11.9. The van der Waals surface area contributed by atoms with Crippen LogP contribution in [0, 0.1) is 11.7 Å². The largest absolute Gasteiger partial charge is 0.494 e. The summed E-state index contributed by atoms with van der Waals surface area (Å²) in [4.78, 5) is 11.9. The van der Waals surface area contributed by atoms with Crippen molar-refractivity contribution >= 4 is 18.4 Å². The smallest absolute Gasteiger partial charge is 0.296 e. The van der Waals surface area contributed by atoms with E-state index < -0.39 is 0 Å². The lowest BCUT2D eigenvalue weighted by Gasteiger charge is -2.03. The minimum Gasteiger partial charge on any atom is -0.494 e. The molecule has 104 valence electrons. The Morgan fingerprint density at radius 3 is 3.10 bits per heavy atom. The Kier molecular flexibility index (Phi) is 4.41. The van der Waals surface area contributed by atoms with Gasteiger partial charge in [-0.3, -0.25) is 9.89 Å². The third-order valence-electron chi connectivity index (χ3n) is 2.50. The maximum Gasteiger partial charge on any atom is 0.296 e. The number of aromatic nitrogens is 3. The molecular weight excluding hydrogens is 276 g/mol. The molecule has 0 amide bonds. The summed E-state index contributed by atoms with van der Waals surface area (Å²) in [7, 11) is 0. The van der Waals surface area contributed by atoms with Gasteiger partial charge in [-0.15, -0.1) is 0 Å². The second-order valence-corrected chi connectivity index (χ2v) is 4.37. The Morgan fingerprint density at radius 2 is 2.35 bits per heavy atom. The molecule has 1 N–H and O–H groups in total. The lowest BCUT2D eigenvalue weighted by molar-refractivity contribution is 0.340. The van der Waals surface area contributed by atoms with Crippen LogP contribution in [-0.2, 0) is 0 Å². The summed E-state index contributed by atoms with van der Waals surface area (Å²) in [6.07, 6.45) is 1.55. The van der Waals surface area contributed by atoms with Crippen LogP contribution in [0.4, 0.5) is 0 Å². The molecule has 0 saturated carbocycles. The number of rotatable bonds is 4. The van der Waals surface area contributed by atoms with Crippen LogP contribution in [0.1, 0.15) is 18.2 Å². The molecule has 1 aromatic carbocycles. The molecule has 2 aromatic rings. The Labute approximate surface area is 120 Å². The Balaban J connectivity index is 2.35. The molecule has 0 saturated heterocycles. The molecule has 2 rings (SSSR count). The van der Waals surface area contributed by atoms with E-state index in [-0.39, 0.29) is 10.3 Å². The number of aryl methyl sites for hydroxylation is 1. The quantitative estimate of drug-likeness (QED) is 0.689. The highest BCUT2D eigenvalue weighted by Crippen LogP contribution is 2.11. The zero-order valence-corrected chi connectivity index (χ0v) is 12.0. The first-order valence-electron chi connectivity index (χ1n) is 6.07. The molecule has 0 aliphatic carbocycles. The van der Waals surface area contributed by atoms with E-state index in [0.29, 0.717) is 12.3 Å². The molecule has 0 fully saturated rings. The highest BCUT2D eigenvalue weighted by Gasteiger charge is 2.01. The monoisotopic (exact) mass is 290 g/mol. The van der Waals surface area contributed by atoms with Gasteiger partial charge in [0.25, 0.3) is 5.56 Å². The second-order valence-electron chi connectivity index (χ2n) is 3.98. The van der Waals surface area contributed by atoms with Gasteiger partial charge in [0, 0.05) is 0 Å². The summed E-state index contributed by atoms with van der Waals surface area (Å²) in [5.74, 6) is 0.750. The molecule has 0 aliphatic heterocycles. The Morgan fingerprint density at radius 1 is 1.55 bits per heavy atom. The molecule has 1 heterocycles. The number of ether oxygens (including phenoxy) is 1. The van der Waals surface area contributed by atoms with Gasteiger partial charge in [-0.1, -0.05) is 12.1 Å². The standard InChI is InChI=1S/C13H14N4O2S/c1-3-19-11-6-4-5-10(7-11)8-14-17-12(18)9(2)15-16-13(17)20/h4-8H,3H2,1-2H3,(H,16,20)/b14-8-. The number of H-pyrrole nitrogens is 1. The van der Waals surface area contributed by atoms with Crippen molar-refractivity contribution in [2.45, 2.75) is 13.8 Å². The average Bonchev–Trinajstić information content (AvgIpc) is 2.44. The minimum absolute atomic E-state index is 0.151. The summed E-state index contributed by atoms with van der Waals surface area (Å²) >= 11 is 4.99. The molecule has 0 atom stereocenters. The summed E-state index contributed by atoms with van der Waals surface area (Å²) < 4.78 is 6.65. The van der Waals surface area contributed by atoms with Crippen molar-refractivity contribution in [3.05, 3.63) is 50.6 Å². The fourth-order valence-corrected chi connectivity index (χ4v) is 1.73.